The van der Waals surface area contributed by atoms with E-state index in [0.717, 1.165) is 18.4 Å². The third-order valence-corrected chi connectivity index (χ3v) is 5.24. The number of ether oxygens (including phenoxy) is 1. The number of benzene rings is 1. The minimum absolute atomic E-state index is 0.106. The van der Waals surface area contributed by atoms with Crippen LogP contribution in [0.25, 0.3) is 0 Å². The number of hydrogen-bond donors (Lipinski definition) is 2. The average Bonchev–Trinajstić information content (AvgIpc) is 2.38. The summed E-state index contributed by atoms with van der Waals surface area (Å²) in [6, 6.07) is 4.77. The van der Waals surface area contributed by atoms with Crippen molar-refractivity contribution >= 4 is 15.7 Å². The summed E-state index contributed by atoms with van der Waals surface area (Å²) < 4.78 is 32.8. The van der Waals surface area contributed by atoms with Crippen molar-refractivity contribution in [2.24, 2.45) is 5.92 Å². The van der Waals surface area contributed by atoms with Crippen LogP contribution in [-0.4, -0.2) is 27.7 Å². The van der Waals surface area contributed by atoms with Crippen LogP contribution in [0.4, 0.5) is 5.69 Å². The molecule has 0 amide bonds. The Morgan fingerprint density at radius 1 is 1.30 bits per heavy atom. The van der Waals surface area contributed by atoms with E-state index in [2.05, 4.69) is 4.72 Å². The molecular weight excluding hydrogens is 276 g/mol. The van der Waals surface area contributed by atoms with Crippen LogP contribution >= 0.6 is 0 Å². The largest absolute Gasteiger partial charge is 0.399 e. The monoisotopic (exact) mass is 298 g/mol. The van der Waals surface area contributed by atoms with Gasteiger partial charge in [0.1, 0.15) is 0 Å². The fraction of sp³-hybridized carbons (Fsp3) is 0.571. The first-order valence-electron chi connectivity index (χ1n) is 6.86. The fourth-order valence-electron chi connectivity index (χ4n) is 2.56. The van der Waals surface area contributed by atoms with E-state index in [1.54, 1.807) is 12.1 Å². The van der Waals surface area contributed by atoms with Gasteiger partial charge in [0.25, 0.3) is 0 Å². The van der Waals surface area contributed by atoms with E-state index in [4.69, 9.17) is 10.5 Å². The molecule has 20 heavy (non-hydrogen) atoms. The third kappa shape index (κ3) is 3.71. The third-order valence-electron chi connectivity index (χ3n) is 3.70. The Bertz CT molecular complexity index is 546. The number of hydrogen-bond acceptors (Lipinski definition) is 4. The van der Waals surface area contributed by atoms with Gasteiger partial charge < -0.3 is 10.5 Å². The molecule has 0 saturated carbocycles. The van der Waals surface area contributed by atoms with Gasteiger partial charge in [-0.15, -0.1) is 0 Å². The van der Waals surface area contributed by atoms with Crippen molar-refractivity contribution in [2.45, 2.75) is 37.6 Å². The lowest BCUT2D eigenvalue weighted by atomic mass is 9.94. The normalized spacial score (nSPS) is 18.9. The lowest BCUT2D eigenvalue weighted by Crippen LogP contribution is -2.40. The number of rotatable bonds is 4. The second-order valence-electron chi connectivity index (χ2n) is 5.44. The van der Waals surface area contributed by atoms with E-state index in [0.29, 0.717) is 24.8 Å². The van der Waals surface area contributed by atoms with Gasteiger partial charge >= 0.3 is 0 Å². The zero-order valence-electron chi connectivity index (χ0n) is 11.9. The smallest absolute Gasteiger partial charge is 0.240 e. The van der Waals surface area contributed by atoms with E-state index < -0.39 is 10.0 Å². The molecule has 1 atom stereocenters. The maximum absolute atomic E-state index is 12.4. The summed E-state index contributed by atoms with van der Waals surface area (Å²) in [5.41, 5.74) is 7.02. The summed E-state index contributed by atoms with van der Waals surface area (Å²) in [5, 5.41) is 0. The molecule has 0 aromatic heterocycles. The summed E-state index contributed by atoms with van der Waals surface area (Å²) >= 11 is 0. The van der Waals surface area contributed by atoms with Gasteiger partial charge in [0.05, 0.1) is 4.90 Å². The number of nitrogen functional groups attached to an aromatic ring is 1. The highest BCUT2D eigenvalue weighted by molar-refractivity contribution is 7.89. The molecule has 1 fully saturated rings. The Labute approximate surface area is 120 Å². The maximum Gasteiger partial charge on any atom is 0.240 e. The molecule has 1 aromatic rings. The minimum atomic E-state index is -3.52. The Morgan fingerprint density at radius 3 is 2.55 bits per heavy atom. The van der Waals surface area contributed by atoms with Crippen LogP contribution in [0.3, 0.4) is 0 Å². The average molecular weight is 298 g/mol. The molecule has 1 aliphatic rings. The van der Waals surface area contributed by atoms with Gasteiger partial charge in [-0.1, -0.05) is 0 Å². The summed E-state index contributed by atoms with van der Waals surface area (Å²) in [6.45, 7) is 5.15. The summed E-state index contributed by atoms with van der Waals surface area (Å²) in [6.07, 6.45) is 1.78. The Kier molecular flexibility index (Phi) is 4.67. The number of sulfonamides is 1. The molecule has 1 heterocycles. The minimum Gasteiger partial charge on any atom is -0.399 e. The fourth-order valence-corrected chi connectivity index (χ4v) is 4.01. The molecule has 2 rings (SSSR count). The van der Waals surface area contributed by atoms with Crippen LogP contribution in [-0.2, 0) is 14.8 Å². The first-order chi connectivity index (χ1) is 9.38. The van der Waals surface area contributed by atoms with Crippen LogP contribution in [0.15, 0.2) is 23.1 Å². The molecule has 0 radical (unpaired) electrons. The van der Waals surface area contributed by atoms with Crippen molar-refractivity contribution in [3.63, 3.8) is 0 Å². The highest BCUT2D eigenvalue weighted by Gasteiger charge is 2.25. The molecule has 1 aromatic carbocycles. The molecule has 112 valence electrons. The van der Waals surface area contributed by atoms with E-state index in [1.165, 1.54) is 6.07 Å². The first-order valence-corrected chi connectivity index (χ1v) is 8.34. The molecule has 1 unspecified atom stereocenters. The summed E-state index contributed by atoms with van der Waals surface area (Å²) in [5.74, 6) is 0.320. The van der Waals surface area contributed by atoms with Crippen LogP contribution in [0.5, 0.6) is 0 Å². The molecule has 6 heteroatoms. The summed E-state index contributed by atoms with van der Waals surface area (Å²) in [4.78, 5) is 0.230. The van der Waals surface area contributed by atoms with Crippen molar-refractivity contribution in [3.05, 3.63) is 23.8 Å². The molecule has 0 bridgehead atoms. The molecule has 0 aliphatic carbocycles. The number of nitrogens with one attached hydrogen (secondary N) is 1. The second-order valence-corrected chi connectivity index (χ2v) is 7.15. The van der Waals surface area contributed by atoms with Crippen LogP contribution in [0, 0.1) is 12.8 Å². The zero-order chi connectivity index (χ0) is 14.8. The molecule has 0 spiro atoms. The molecule has 3 N–H and O–H groups in total. The molecule has 5 nitrogen and oxygen atoms in total. The van der Waals surface area contributed by atoms with Gasteiger partial charge in [0.15, 0.2) is 0 Å². The van der Waals surface area contributed by atoms with Crippen LogP contribution < -0.4 is 10.5 Å². The van der Waals surface area contributed by atoms with Gasteiger partial charge in [-0.25, -0.2) is 13.1 Å². The van der Waals surface area contributed by atoms with E-state index in [1.807, 2.05) is 13.8 Å². The predicted molar refractivity (Wildman–Crippen MR) is 78.9 cm³/mol. The van der Waals surface area contributed by atoms with Crippen molar-refractivity contribution in [2.75, 3.05) is 18.9 Å². The molecular formula is C14H22N2O3S. The quantitative estimate of drug-likeness (QED) is 0.829. The van der Waals surface area contributed by atoms with E-state index in [-0.39, 0.29) is 10.9 Å². The van der Waals surface area contributed by atoms with E-state index >= 15 is 0 Å². The Balaban J connectivity index is 2.13. The van der Waals surface area contributed by atoms with Gasteiger partial charge in [0.2, 0.25) is 10.0 Å². The second kappa shape index (κ2) is 6.11. The number of nitrogens with two attached hydrogens (primary N) is 1. The number of aryl methyl sites for hydroxylation is 1. The lowest BCUT2D eigenvalue weighted by molar-refractivity contribution is 0.0585. The number of anilines is 1. The first kappa shape index (κ1) is 15.3. The topological polar surface area (TPSA) is 81.4 Å². The van der Waals surface area contributed by atoms with Crippen molar-refractivity contribution < 1.29 is 13.2 Å². The molecule has 1 aliphatic heterocycles. The maximum atomic E-state index is 12.4. The van der Waals surface area contributed by atoms with Gasteiger partial charge in [-0.2, -0.15) is 0 Å². The standard InChI is InChI=1S/C14H22N2O3S/c1-10-7-13(15)9-14(8-10)20(17,18)16-11(2)12-3-5-19-6-4-12/h7-9,11-12,16H,3-6,15H2,1-2H3. The predicted octanol–water partition coefficient (Wildman–Crippen LogP) is 1.67. The highest BCUT2D eigenvalue weighted by atomic mass is 32.2. The van der Waals surface area contributed by atoms with Gasteiger partial charge in [0, 0.05) is 24.9 Å². The van der Waals surface area contributed by atoms with Crippen molar-refractivity contribution in [1.29, 1.82) is 0 Å². The summed E-state index contributed by atoms with van der Waals surface area (Å²) in [7, 11) is -3.52. The van der Waals surface area contributed by atoms with Crippen molar-refractivity contribution in [1.82, 2.24) is 4.72 Å². The lowest BCUT2D eigenvalue weighted by Gasteiger charge is -2.28. The Morgan fingerprint density at radius 2 is 1.95 bits per heavy atom. The van der Waals surface area contributed by atoms with Crippen LogP contribution in [0.2, 0.25) is 0 Å². The SMILES string of the molecule is Cc1cc(N)cc(S(=O)(=O)NC(C)C2CCOCC2)c1. The zero-order valence-corrected chi connectivity index (χ0v) is 12.7. The van der Waals surface area contributed by atoms with Crippen LogP contribution in [0.1, 0.15) is 25.3 Å². The van der Waals surface area contributed by atoms with Gasteiger partial charge in [-0.05, 0) is 56.4 Å². The van der Waals surface area contributed by atoms with Crippen molar-refractivity contribution in [3.8, 4) is 0 Å². The Hall–Kier alpha value is -1.11. The van der Waals surface area contributed by atoms with Gasteiger partial charge in [-0.3, -0.25) is 0 Å². The highest BCUT2D eigenvalue weighted by Crippen LogP contribution is 2.21. The molecule has 1 saturated heterocycles. The van der Waals surface area contributed by atoms with E-state index in [9.17, 15) is 8.42 Å².